The summed E-state index contributed by atoms with van der Waals surface area (Å²) >= 11 is 0. The zero-order valence-electron chi connectivity index (χ0n) is 10.6. The van der Waals surface area contributed by atoms with Gasteiger partial charge in [0.1, 0.15) is 0 Å². The molecule has 3 N–H and O–H groups in total. The highest BCUT2D eigenvalue weighted by atomic mass is 16.3. The summed E-state index contributed by atoms with van der Waals surface area (Å²) in [6, 6.07) is 7.94. The number of para-hydroxylation sites is 1. The normalized spacial score (nSPS) is 19.6. The van der Waals surface area contributed by atoms with E-state index in [1.807, 2.05) is 31.2 Å². The molecule has 0 aliphatic carbocycles. The maximum atomic E-state index is 12.2. The molecule has 0 fully saturated rings. The highest BCUT2D eigenvalue weighted by molar-refractivity contribution is 5.86. The Kier molecular flexibility index (Phi) is 4.20. The largest absolute Gasteiger partial charge is 0.396 e. The number of hydrogen-bond donors (Lipinski definition) is 3. The van der Waals surface area contributed by atoms with Crippen molar-refractivity contribution in [3.05, 3.63) is 29.8 Å². The average Bonchev–Trinajstić information content (AvgIpc) is 2.43. The molecule has 2 atom stereocenters. The van der Waals surface area contributed by atoms with E-state index in [1.54, 1.807) is 0 Å². The lowest BCUT2D eigenvalue weighted by atomic mass is 9.90. The van der Waals surface area contributed by atoms with Crippen molar-refractivity contribution in [1.82, 2.24) is 5.32 Å². The Balaban J connectivity index is 2.04. The van der Waals surface area contributed by atoms with Gasteiger partial charge in [-0.2, -0.15) is 0 Å². The summed E-state index contributed by atoms with van der Waals surface area (Å²) in [6.45, 7) is 3.37. The van der Waals surface area contributed by atoms with Crippen LogP contribution in [0.25, 0.3) is 0 Å². The number of anilines is 1. The van der Waals surface area contributed by atoms with Crippen molar-refractivity contribution in [2.24, 2.45) is 5.92 Å². The molecule has 2 unspecified atom stereocenters. The van der Waals surface area contributed by atoms with Gasteiger partial charge in [-0.05, 0) is 24.0 Å². The third kappa shape index (κ3) is 2.82. The van der Waals surface area contributed by atoms with Crippen molar-refractivity contribution in [3.63, 3.8) is 0 Å². The molecule has 0 saturated heterocycles. The first kappa shape index (κ1) is 12.9. The predicted molar refractivity (Wildman–Crippen MR) is 71.5 cm³/mol. The van der Waals surface area contributed by atoms with Crippen LogP contribution in [0, 0.1) is 5.92 Å². The first-order valence-electron chi connectivity index (χ1n) is 6.43. The van der Waals surface area contributed by atoms with Crippen molar-refractivity contribution in [3.8, 4) is 0 Å². The zero-order chi connectivity index (χ0) is 13.0. The molecule has 1 aromatic rings. The second kappa shape index (κ2) is 5.87. The molecule has 0 spiro atoms. The summed E-state index contributed by atoms with van der Waals surface area (Å²) < 4.78 is 0. The monoisotopic (exact) mass is 248 g/mol. The predicted octanol–water partition coefficient (Wildman–Crippen LogP) is 1.33. The van der Waals surface area contributed by atoms with Crippen molar-refractivity contribution >= 4 is 11.6 Å². The van der Waals surface area contributed by atoms with Crippen LogP contribution in [-0.2, 0) is 4.79 Å². The molecule has 1 heterocycles. The van der Waals surface area contributed by atoms with Gasteiger partial charge >= 0.3 is 0 Å². The topological polar surface area (TPSA) is 61.4 Å². The Labute approximate surface area is 107 Å². The smallest absolute Gasteiger partial charge is 0.227 e. The molecule has 1 amide bonds. The molecule has 0 saturated carbocycles. The zero-order valence-corrected chi connectivity index (χ0v) is 10.6. The van der Waals surface area contributed by atoms with E-state index in [-0.39, 0.29) is 24.3 Å². The van der Waals surface area contributed by atoms with Crippen molar-refractivity contribution < 1.29 is 9.90 Å². The summed E-state index contributed by atoms with van der Waals surface area (Å²) in [5.41, 5.74) is 2.12. The molecule has 18 heavy (non-hydrogen) atoms. The number of carbonyl (C=O) groups excluding carboxylic acids is 1. The van der Waals surface area contributed by atoms with E-state index in [1.165, 1.54) is 0 Å². The number of carbonyl (C=O) groups is 1. The number of hydrogen-bond acceptors (Lipinski definition) is 3. The van der Waals surface area contributed by atoms with Crippen molar-refractivity contribution in [2.45, 2.75) is 19.3 Å². The number of aliphatic hydroxyl groups is 1. The molecule has 1 aliphatic heterocycles. The second-order valence-corrected chi connectivity index (χ2v) is 4.89. The molecular formula is C14H20N2O2. The molecule has 98 valence electrons. The van der Waals surface area contributed by atoms with Crippen LogP contribution in [0.1, 0.15) is 24.8 Å². The van der Waals surface area contributed by atoms with E-state index in [9.17, 15) is 4.79 Å². The molecule has 0 aromatic heterocycles. The number of rotatable bonds is 4. The Morgan fingerprint density at radius 2 is 2.33 bits per heavy atom. The molecule has 2 rings (SSSR count). The van der Waals surface area contributed by atoms with Gasteiger partial charge in [-0.25, -0.2) is 0 Å². The third-order valence-corrected chi connectivity index (χ3v) is 3.34. The third-order valence-electron chi connectivity index (χ3n) is 3.34. The van der Waals surface area contributed by atoms with E-state index in [0.29, 0.717) is 6.54 Å². The Morgan fingerprint density at radius 3 is 3.11 bits per heavy atom. The Hall–Kier alpha value is -1.55. The van der Waals surface area contributed by atoms with Gasteiger partial charge in [0, 0.05) is 25.4 Å². The summed E-state index contributed by atoms with van der Waals surface area (Å²) in [4.78, 5) is 12.2. The van der Waals surface area contributed by atoms with Gasteiger partial charge in [0.2, 0.25) is 5.91 Å². The van der Waals surface area contributed by atoms with Crippen LogP contribution < -0.4 is 10.6 Å². The van der Waals surface area contributed by atoms with Gasteiger partial charge in [0.15, 0.2) is 0 Å². The number of nitrogens with one attached hydrogen (secondary N) is 2. The fourth-order valence-electron chi connectivity index (χ4n) is 2.20. The van der Waals surface area contributed by atoms with Crippen LogP contribution in [-0.4, -0.2) is 30.7 Å². The molecule has 1 aromatic carbocycles. The highest BCUT2D eigenvalue weighted by Gasteiger charge is 2.25. The second-order valence-electron chi connectivity index (χ2n) is 4.89. The number of benzene rings is 1. The molecular weight excluding hydrogens is 228 g/mol. The lowest BCUT2D eigenvalue weighted by Crippen LogP contribution is -2.36. The van der Waals surface area contributed by atoms with E-state index >= 15 is 0 Å². The van der Waals surface area contributed by atoms with Gasteiger partial charge in [0.05, 0.1) is 5.92 Å². The fraction of sp³-hybridized carbons (Fsp3) is 0.500. The van der Waals surface area contributed by atoms with Crippen LogP contribution in [0.5, 0.6) is 0 Å². The van der Waals surface area contributed by atoms with Crippen LogP contribution in [0.2, 0.25) is 0 Å². The molecule has 1 aliphatic rings. The van der Waals surface area contributed by atoms with Crippen LogP contribution in [0.15, 0.2) is 24.3 Å². The number of aliphatic hydroxyl groups excluding tert-OH is 1. The average molecular weight is 248 g/mol. The molecule has 4 heteroatoms. The van der Waals surface area contributed by atoms with E-state index < -0.39 is 0 Å². The maximum absolute atomic E-state index is 12.2. The van der Waals surface area contributed by atoms with Crippen molar-refractivity contribution in [2.75, 3.05) is 25.0 Å². The lowest BCUT2D eigenvalue weighted by Gasteiger charge is -2.26. The Bertz CT molecular complexity index is 420. The molecule has 0 bridgehead atoms. The van der Waals surface area contributed by atoms with E-state index in [4.69, 9.17) is 5.11 Å². The fourth-order valence-corrected chi connectivity index (χ4v) is 2.20. The standard InChI is InChI=1S/C14H20N2O2/c1-10(9-17)8-16-14(18)12-6-7-15-13-5-3-2-4-11(12)13/h2-5,10,12,15,17H,6-9H2,1H3,(H,16,18). The first-order chi connectivity index (χ1) is 8.72. The van der Waals surface area contributed by atoms with Crippen molar-refractivity contribution in [1.29, 1.82) is 0 Å². The minimum Gasteiger partial charge on any atom is -0.396 e. The SMILES string of the molecule is CC(CO)CNC(=O)C1CCNc2ccccc21. The van der Waals surface area contributed by atoms with E-state index in [2.05, 4.69) is 10.6 Å². The number of amides is 1. The quantitative estimate of drug-likeness (QED) is 0.753. The first-order valence-corrected chi connectivity index (χ1v) is 6.43. The summed E-state index contributed by atoms with van der Waals surface area (Å²) in [6.07, 6.45) is 0.816. The van der Waals surface area contributed by atoms with Crippen LogP contribution in [0.3, 0.4) is 0 Å². The Morgan fingerprint density at radius 1 is 1.56 bits per heavy atom. The van der Waals surface area contributed by atoms with Gasteiger partial charge in [-0.1, -0.05) is 25.1 Å². The maximum Gasteiger partial charge on any atom is 0.227 e. The van der Waals surface area contributed by atoms with Gasteiger partial charge in [-0.3, -0.25) is 4.79 Å². The summed E-state index contributed by atoms with van der Waals surface area (Å²) in [7, 11) is 0. The summed E-state index contributed by atoms with van der Waals surface area (Å²) in [5, 5.41) is 15.2. The minimum absolute atomic E-state index is 0.0595. The van der Waals surface area contributed by atoms with Gasteiger partial charge in [-0.15, -0.1) is 0 Å². The van der Waals surface area contributed by atoms with Gasteiger partial charge in [0.25, 0.3) is 0 Å². The molecule has 4 nitrogen and oxygen atoms in total. The highest BCUT2D eigenvalue weighted by Crippen LogP contribution is 2.31. The van der Waals surface area contributed by atoms with Gasteiger partial charge < -0.3 is 15.7 Å². The van der Waals surface area contributed by atoms with Crippen LogP contribution in [0.4, 0.5) is 5.69 Å². The summed E-state index contributed by atoms with van der Waals surface area (Å²) in [5.74, 6) is 0.0866. The lowest BCUT2D eigenvalue weighted by molar-refractivity contribution is -0.122. The van der Waals surface area contributed by atoms with Crippen LogP contribution >= 0.6 is 0 Å². The minimum atomic E-state index is -0.0756. The van der Waals surface area contributed by atoms with E-state index in [0.717, 1.165) is 24.2 Å². The number of fused-ring (bicyclic) bond motifs is 1. The molecule has 0 radical (unpaired) electrons.